The maximum atomic E-state index is 12.6. The van der Waals surface area contributed by atoms with Gasteiger partial charge in [0.05, 0.1) is 32.9 Å². The fourth-order valence-corrected chi connectivity index (χ4v) is 4.88. The Labute approximate surface area is 163 Å². The molecule has 0 amide bonds. The van der Waals surface area contributed by atoms with Gasteiger partial charge < -0.3 is 4.98 Å². The number of aromatic nitrogens is 4. The van der Waals surface area contributed by atoms with E-state index < -0.39 is 0 Å². The molecule has 1 aliphatic heterocycles. The quantitative estimate of drug-likeness (QED) is 0.554. The van der Waals surface area contributed by atoms with Gasteiger partial charge in [0.25, 0.3) is 5.56 Å². The Morgan fingerprint density at radius 1 is 1.15 bits per heavy atom. The zero-order valence-corrected chi connectivity index (χ0v) is 16.1. The van der Waals surface area contributed by atoms with Crippen LogP contribution in [0.1, 0.15) is 16.8 Å². The third-order valence-electron chi connectivity index (χ3n) is 4.78. The lowest BCUT2D eigenvalue weighted by Crippen LogP contribution is -2.35. The molecular weight excluding hydrogens is 378 g/mol. The van der Waals surface area contributed by atoms with Crippen molar-refractivity contribution >= 4 is 22.7 Å². The van der Waals surface area contributed by atoms with E-state index in [1.807, 2.05) is 29.8 Å². The molecule has 0 unspecified atom stereocenters. The minimum Gasteiger partial charge on any atom is -0.306 e. The van der Waals surface area contributed by atoms with E-state index in [0.29, 0.717) is 12.4 Å². The van der Waals surface area contributed by atoms with Gasteiger partial charge >= 0.3 is 0 Å². The second-order valence-electron chi connectivity index (χ2n) is 6.53. The topological polar surface area (TPSA) is 77.7 Å². The van der Waals surface area contributed by atoms with Crippen molar-refractivity contribution < 1.29 is 0 Å². The Balaban J connectivity index is 1.39. The molecule has 136 valence electrons. The maximum absolute atomic E-state index is 12.6. The number of thiophene rings is 2. The number of nitrogens with one attached hydrogen (secondary N) is 2. The Bertz CT molecular complexity index is 1110. The summed E-state index contributed by atoms with van der Waals surface area (Å²) in [5.41, 5.74) is 3.89. The van der Waals surface area contributed by atoms with Crippen LogP contribution >= 0.6 is 22.7 Å². The molecule has 8 heteroatoms. The van der Waals surface area contributed by atoms with Crippen LogP contribution in [0.15, 0.2) is 46.0 Å². The molecule has 4 aromatic heterocycles. The molecule has 0 aliphatic carbocycles. The second-order valence-corrected chi connectivity index (χ2v) is 8.42. The minimum atomic E-state index is -0.0289. The zero-order valence-electron chi connectivity index (χ0n) is 14.4. The molecule has 1 aliphatic rings. The minimum absolute atomic E-state index is 0.0289. The Hall–Kier alpha value is -2.55. The smallest absolute Gasteiger partial charge is 0.255 e. The number of rotatable bonds is 4. The first-order chi connectivity index (χ1) is 13.3. The summed E-state index contributed by atoms with van der Waals surface area (Å²) < 4.78 is 0. The lowest BCUT2D eigenvalue weighted by atomic mass is 10.1. The van der Waals surface area contributed by atoms with E-state index in [0.717, 1.165) is 46.9 Å². The summed E-state index contributed by atoms with van der Waals surface area (Å²) in [6.45, 7) is 2.25. The van der Waals surface area contributed by atoms with Gasteiger partial charge in [0.2, 0.25) is 0 Å². The first kappa shape index (κ1) is 16.6. The Kier molecular flexibility index (Phi) is 4.23. The molecule has 6 nitrogen and oxygen atoms in total. The van der Waals surface area contributed by atoms with Crippen LogP contribution in [-0.2, 0) is 19.5 Å². The Morgan fingerprint density at radius 2 is 1.96 bits per heavy atom. The van der Waals surface area contributed by atoms with E-state index >= 15 is 0 Å². The van der Waals surface area contributed by atoms with E-state index in [1.165, 1.54) is 4.88 Å². The van der Waals surface area contributed by atoms with Crippen molar-refractivity contribution in [1.29, 1.82) is 0 Å². The summed E-state index contributed by atoms with van der Waals surface area (Å²) in [4.78, 5) is 24.8. The highest BCUT2D eigenvalue weighted by Gasteiger charge is 2.23. The first-order valence-corrected chi connectivity index (χ1v) is 10.5. The van der Waals surface area contributed by atoms with Crippen molar-refractivity contribution in [2.75, 3.05) is 6.54 Å². The maximum Gasteiger partial charge on any atom is 0.255 e. The average Bonchev–Trinajstić information content (AvgIpc) is 3.44. The van der Waals surface area contributed by atoms with Crippen LogP contribution in [0.4, 0.5) is 0 Å². The van der Waals surface area contributed by atoms with Gasteiger partial charge in [-0.3, -0.25) is 14.8 Å². The molecule has 0 saturated heterocycles. The third-order valence-corrected chi connectivity index (χ3v) is 6.55. The van der Waals surface area contributed by atoms with E-state index in [4.69, 9.17) is 4.98 Å². The second kappa shape index (κ2) is 6.88. The summed E-state index contributed by atoms with van der Waals surface area (Å²) in [7, 11) is 0. The molecule has 5 rings (SSSR count). The summed E-state index contributed by atoms with van der Waals surface area (Å²) >= 11 is 3.28. The van der Waals surface area contributed by atoms with E-state index in [2.05, 4.69) is 31.5 Å². The third kappa shape index (κ3) is 3.16. The van der Waals surface area contributed by atoms with Crippen molar-refractivity contribution in [2.24, 2.45) is 0 Å². The monoisotopic (exact) mass is 395 g/mol. The highest BCUT2D eigenvalue weighted by molar-refractivity contribution is 7.13. The lowest BCUT2D eigenvalue weighted by molar-refractivity contribution is 0.242. The molecule has 4 aromatic rings. The average molecular weight is 396 g/mol. The lowest BCUT2D eigenvalue weighted by Gasteiger charge is -2.27. The largest absolute Gasteiger partial charge is 0.306 e. The number of fused-ring (bicyclic) bond motifs is 1. The Morgan fingerprint density at radius 3 is 2.74 bits per heavy atom. The fourth-order valence-electron chi connectivity index (χ4n) is 3.45. The van der Waals surface area contributed by atoms with Crippen LogP contribution in [0.25, 0.3) is 21.3 Å². The number of aromatic amines is 2. The molecule has 0 radical (unpaired) electrons. The van der Waals surface area contributed by atoms with Gasteiger partial charge in [0.1, 0.15) is 0 Å². The molecular formula is C19H17N5OS2. The van der Waals surface area contributed by atoms with Crippen LogP contribution in [0.5, 0.6) is 0 Å². The van der Waals surface area contributed by atoms with Crippen molar-refractivity contribution in [1.82, 2.24) is 25.1 Å². The first-order valence-electron chi connectivity index (χ1n) is 8.72. The van der Waals surface area contributed by atoms with Crippen LogP contribution < -0.4 is 5.56 Å². The number of nitrogens with zero attached hydrogens (tertiary/aromatic N) is 3. The molecule has 0 fully saturated rings. The zero-order chi connectivity index (χ0) is 18.2. The summed E-state index contributed by atoms with van der Waals surface area (Å²) in [5.74, 6) is 0.678. The fraction of sp³-hybridized carbons (Fsp3) is 0.211. The van der Waals surface area contributed by atoms with Crippen molar-refractivity contribution in [3.05, 3.63) is 68.4 Å². The van der Waals surface area contributed by atoms with Gasteiger partial charge in [-0.15, -0.1) is 22.7 Å². The molecule has 0 atom stereocenters. The predicted molar refractivity (Wildman–Crippen MR) is 108 cm³/mol. The summed E-state index contributed by atoms with van der Waals surface area (Å²) in [6, 6.07) is 8.08. The predicted octanol–water partition coefficient (Wildman–Crippen LogP) is 3.51. The van der Waals surface area contributed by atoms with Crippen molar-refractivity contribution in [3.8, 4) is 21.3 Å². The SMILES string of the molecule is O=c1[nH]c(-c2cccs2)nc2c1CN(Cc1cn[nH]c1-c1cccs1)CC2. The summed E-state index contributed by atoms with van der Waals surface area (Å²) in [5, 5.41) is 11.4. The highest BCUT2D eigenvalue weighted by atomic mass is 32.1. The van der Waals surface area contributed by atoms with Gasteiger partial charge in [-0.25, -0.2) is 4.98 Å². The molecule has 0 aromatic carbocycles. The van der Waals surface area contributed by atoms with Gasteiger partial charge in [0, 0.05) is 31.6 Å². The standard InChI is InChI=1S/C19H17N5OS2/c25-19-13-11-24(10-12-9-20-23-17(12)15-3-1-7-26-15)6-5-14(13)21-18(22-19)16-4-2-8-27-16/h1-4,7-9H,5-6,10-11H2,(H,20,23)(H,21,22,25). The normalized spacial score (nSPS) is 14.4. The van der Waals surface area contributed by atoms with Crippen LogP contribution in [-0.4, -0.2) is 31.6 Å². The van der Waals surface area contributed by atoms with E-state index in [1.54, 1.807) is 22.7 Å². The molecule has 0 saturated carbocycles. The molecule has 0 spiro atoms. The number of H-pyrrole nitrogens is 2. The molecule has 2 N–H and O–H groups in total. The molecule has 27 heavy (non-hydrogen) atoms. The van der Waals surface area contributed by atoms with E-state index in [9.17, 15) is 4.79 Å². The summed E-state index contributed by atoms with van der Waals surface area (Å²) in [6.07, 6.45) is 2.66. The molecule has 0 bridgehead atoms. The van der Waals surface area contributed by atoms with Gasteiger partial charge in [-0.1, -0.05) is 12.1 Å². The number of hydrogen-bond acceptors (Lipinski definition) is 6. The van der Waals surface area contributed by atoms with Crippen LogP contribution in [0.2, 0.25) is 0 Å². The van der Waals surface area contributed by atoms with Crippen LogP contribution in [0, 0.1) is 0 Å². The van der Waals surface area contributed by atoms with E-state index in [-0.39, 0.29) is 5.56 Å². The number of hydrogen-bond donors (Lipinski definition) is 2. The van der Waals surface area contributed by atoms with Gasteiger partial charge in [-0.05, 0) is 22.9 Å². The highest BCUT2D eigenvalue weighted by Crippen LogP contribution is 2.28. The van der Waals surface area contributed by atoms with Crippen LogP contribution in [0.3, 0.4) is 0 Å². The van der Waals surface area contributed by atoms with Crippen molar-refractivity contribution in [3.63, 3.8) is 0 Å². The van der Waals surface area contributed by atoms with Gasteiger partial charge in [0.15, 0.2) is 5.82 Å². The molecule has 5 heterocycles. The van der Waals surface area contributed by atoms with Crippen molar-refractivity contribution in [2.45, 2.75) is 19.5 Å². The van der Waals surface area contributed by atoms with Gasteiger partial charge in [-0.2, -0.15) is 5.10 Å².